The molecule has 1 aliphatic heterocycles. The van der Waals surface area contributed by atoms with E-state index in [-0.39, 0.29) is 28.6 Å². The van der Waals surface area contributed by atoms with Crippen molar-refractivity contribution >= 4 is 22.8 Å². The molecule has 0 unspecified atom stereocenters. The highest BCUT2D eigenvalue weighted by molar-refractivity contribution is 8.93. The van der Waals surface area contributed by atoms with E-state index in [1.165, 1.54) is 37.9 Å². The quantitative estimate of drug-likeness (QED) is 0.688. The predicted molar refractivity (Wildman–Crippen MR) is 92.2 cm³/mol. The summed E-state index contributed by atoms with van der Waals surface area (Å²) in [5, 5.41) is 0. The van der Waals surface area contributed by atoms with E-state index < -0.39 is 0 Å². The third-order valence-corrected chi connectivity index (χ3v) is 4.90. The molecular weight excluding hydrogens is 345 g/mol. The van der Waals surface area contributed by atoms with E-state index in [2.05, 4.69) is 4.90 Å². The molecular formula is C18H25BrFNO. The average molecular weight is 370 g/mol. The van der Waals surface area contributed by atoms with E-state index in [1.54, 1.807) is 12.1 Å². The van der Waals surface area contributed by atoms with Gasteiger partial charge in [0.15, 0.2) is 5.78 Å². The van der Waals surface area contributed by atoms with Crippen LogP contribution in [0.1, 0.15) is 48.9 Å². The summed E-state index contributed by atoms with van der Waals surface area (Å²) >= 11 is 0. The first-order chi connectivity index (χ1) is 10.2. The molecule has 122 valence electrons. The zero-order valence-electron chi connectivity index (χ0n) is 13.0. The maximum Gasteiger partial charge on any atom is 0.163 e. The molecule has 1 heterocycles. The smallest absolute Gasteiger partial charge is 0.163 e. The molecule has 0 spiro atoms. The molecule has 1 aromatic rings. The Hall–Kier alpha value is -0.740. The number of hydrogen-bond acceptors (Lipinski definition) is 2. The van der Waals surface area contributed by atoms with Crippen molar-refractivity contribution in [3.05, 3.63) is 35.6 Å². The molecule has 22 heavy (non-hydrogen) atoms. The largest absolute Gasteiger partial charge is 0.303 e. The Morgan fingerprint density at radius 3 is 2.27 bits per heavy atom. The number of ketones is 1. The number of hydrogen-bond donors (Lipinski definition) is 0. The predicted octanol–water partition coefficient (Wildman–Crippen LogP) is 4.49. The second-order valence-corrected chi connectivity index (χ2v) is 6.65. The van der Waals surface area contributed by atoms with Gasteiger partial charge in [0.25, 0.3) is 0 Å². The molecule has 1 saturated heterocycles. The van der Waals surface area contributed by atoms with Crippen molar-refractivity contribution in [2.24, 2.45) is 11.8 Å². The van der Waals surface area contributed by atoms with Crippen LogP contribution in [0.3, 0.4) is 0 Å². The van der Waals surface area contributed by atoms with Crippen LogP contribution in [-0.2, 0) is 0 Å². The van der Waals surface area contributed by atoms with Crippen molar-refractivity contribution in [1.29, 1.82) is 0 Å². The minimum Gasteiger partial charge on any atom is -0.303 e. The Bertz CT molecular complexity index is 478. The highest BCUT2D eigenvalue weighted by atomic mass is 79.9. The molecule has 1 saturated carbocycles. The Kier molecular flexibility index (Phi) is 6.57. The summed E-state index contributed by atoms with van der Waals surface area (Å²) in [6, 6.07) is 5.94. The maximum atomic E-state index is 12.9. The first kappa shape index (κ1) is 17.6. The molecule has 4 heteroatoms. The third kappa shape index (κ3) is 5.17. The minimum atomic E-state index is -0.282. The second-order valence-electron chi connectivity index (χ2n) is 6.65. The van der Waals surface area contributed by atoms with Crippen LogP contribution in [-0.4, -0.2) is 30.3 Å². The van der Waals surface area contributed by atoms with Crippen LogP contribution in [0.2, 0.25) is 0 Å². The van der Waals surface area contributed by atoms with Gasteiger partial charge in [-0.05, 0) is 75.0 Å². The topological polar surface area (TPSA) is 20.3 Å². The monoisotopic (exact) mass is 369 g/mol. The van der Waals surface area contributed by atoms with Gasteiger partial charge in [-0.1, -0.05) is 12.8 Å². The fourth-order valence-electron chi connectivity index (χ4n) is 3.20. The fraction of sp³-hybridized carbons (Fsp3) is 0.611. The van der Waals surface area contributed by atoms with Gasteiger partial charge in [-0.2, -0.15) is 0 Å². The van der Waals surface area contributed by atoms with Gasteiger partial charge in [0.05, 0.1) is 0 Å². The van der Waals surface area contributed by atoms with Crippen LogP contribution < -0.4 is 0 Å². The number of carbonyl (C=O) groups excluding carboxylic acids is 1. The van der Waals surface area contributed by atoms with Gasteiger partial charge < -0.3 is 4.90 Å². The van der Waals surface area contributed by atoms with Crippen molar-refractivity contribution < 1.29 is 9.18 Å². The Morgan fingerprint density at radius 1 is 1.05 bits per heavy atom. The summed E-state index contributed by atoms with van der Waals surface area (Å²) in [4.78, 5) is 14.7. The van der Waals surface area contributed by atoms with E-state index in [1.807, 2.05) is 0 Å². The first-order valence-electron chi connectivity index (χ1n) is 8.22. The Balaban J connectivity index is 0.00000176. The van der Waals surface area contributed by atoms with Crippen molar-refractivity contribution in [3.8, 4) is 0 Å². The maximum absolute atomic E-state index is 12.9. The molecule has 0 aromatic heterocycles. The zero-order chi connectivity index (χ0) is 14.7. The van der Waals surface area contributed by atoms with E-state index in [9.17, 15) is 9.18 Å². The number of rotatable bonds is 6. The van der Waals surface area contributed by atoms with Gasteiger partial charge in [-0.3, -0.25) is 4.79 Å². The molecule has 0 amide bonds. The van der Waals surface area contributed by atoms with Gasteiger partial charge in [-0.25, -0.2) is 4.39 Å². The molecule has 2 nitrogen and oxygen atoms in total. The number of likely N-dealkylation sites (tertiary alicyclic amines) is 1. The lowest BCUT2D eigenvalue weighted by atomic mass is 9.90. The van der Waals surface area contributed by atoms with Crippen molar-refractivity contribution in [3.63, 3.8) is 0 Å². The van der Waals surface area contributed by atoms with Gasteiger partial charge in [-0.15, -0.1) is 17.0 Å². The van der Waals surface area contributed by atoms with Gasteiger partial charge in [0, 0.05) is 12.0 Å². The van der Waals surface area contributed by atoms with Crippen LogP contribution in [0.4, 0.5) is 4.39 Å². The number of nitrogens with zero attached hydrogens (tertiary/aromatic N) is 1. The summed E-state index contributed by atoms with van der Waals surface area (Å²) < 4.78 is 12.9. The minimum absolute atomic E-state index is 0. The molecule has 2 fully saturated rings. The highest BCUT2D eigenvalue weighted by Gasteiger charge is 2.25. The average Bonchev–Trinajstić information content (AvgIpc) is 3.31. The number of piperidine rings is 1. The molecule has 0 atom stereocenters. The van der Waals surface area contributed by atoms with Crippen LogP contribution >= 0.6 is 17.0 Å². The lowest BCUT2D eigenvalue weighted by molar-refractivity contribution is 0.0927. The first-order valence-corrected chi connectivity index (χ1v) is 8.22. The van der Waals surface area contributed by atoms with Gasteiger partial charge >= 0.3 is 0 Å². The molecule has 0 radical (unpaired) electrons. The van der Waals surface area contributed by atoms with Gasteiger partial charge in [0.1, 0.15) is 5.82 Å². The van der Waals surface area contributed by atoms with Crippen LogP contribution in [0.5, 0.6) is 0 Å². The molecule has 1 aliphatic carbocycles. The summed E-state index contributed by atoms with van der Waals surface area (Å²) in [6.45, 7) is 3.51. The molecule has 1 aromatic carbocycles. The lowest BCUT2D eigenvalue weighted by Gasteiger charge is -2.31. The number of benzene rings is 1. The molecule has 0 N–H and O–H groups in total. The van der Waals surface area contributed by atoms with E-state index in [0.717, 1.165) is 31.8 Å². The molecule has 0 bridgehead atoms. The zero-order valence-corrected chi connectivity index (χ0v) is 14.7. The van der Waals surface area contributed by atoms with Crippen molar-refractivity contribution in [1.82, 2.24) is 4.90 Å². The SMILES string of the molecule is Br.O=C(CC1CCN(CCC2CC2)CC1)c1ccc(F)cc1. The lowest BCUT2D eigenvalue weighted by Crippen LogP contribution is -2.35. The summed E-state index contributed by atoms with van der Waals surface area (Å²) in [5.74, 6) is 1.38. The highest BCUT2D eigenvalue weighted by Crippen LogP contribution is 2.33. The fourth-order valence-corrected chi connectivity index (χ4v) is 3.20. The van der Waals surface area contributed by atoms with Crippen molar-refractivity contribution in [2.75, 3.05) is 19.6 Å². The number of Topliss-reactive ketones (excluding diaryl/α,β-unsaturated/α-hetero) is 1. The van der Waals surface area contributed by atoms with E-state index in [0.29, 0.717) is 17.9 Å². The number of carbonyl (C=O) groups is 1. The van der Waals surface area contributed by atoms with Gasteiger partial charge in [0.2, 0.25) is 0 Å². The molecule has 3 rings (SSSR count). The standard InChI is InChI=1S/C18H24FNO.BrH/c19-17-5-3-16(4-6-17)18(21)13-15-8-11-20(12-9-15)10-7-14-1-2-14;/h3-6,14-15H,1-2,7-13H2;1H. The second kappa shape index (κ2) is 8.21. The summed E-state index contributed by atoms with van der Waals surface area (Å²) in [7, 11) is 0. The van der Waals surface area contributed by atoms with E-state index >= 15 is 0 Å². The van der Waals surface area contributed by atoms with Crippen molar-refractivity contribution in [2.45, 2.75) is 38.5 Å². The summed E-state index contributed by atoms with van der Waals surface area (Å²) in [6.07, 6.45) is 7.09. The van der Waals surface area contributed by atoms with E-state index in [4.69, 9.17) is 0 Å². The number of halogens is 2. The third-order valence-electron chi connectivity index (χ3n) is 4.90. The van der Waals surface area contributed by atoms with Crippen LogP contribution in [0, 0.1) is 17.7 Å². The Morgan fingerprint density at radius 2 is 1.68 bits per heavy atom. The van der Waals surface area contributed by atoms with Crippen LogP contribution in [0.25, 0.3) is 0 Å². The molecule has 2 aliphatic rings. The summed E-state index contributed by atoms with van der Waals surface area (Å²) in [5.41, 5.74) is 0.646. The Labute approximate surface area is 142 Å². The van der Waals surface area contributed by atoms with Crippen LogP contribution in [0.15, 0.2) is 24.3 Å². The normalized spacial score (nSPS) is 19.7.